The third kappa shape index (κ3) is 6.98. The van der Waals surface area contributed by atoms with Crippen molar-refractivity contribution < 1.29 is 0 Å². The van der Waals surface area contributed by atoms with Crippen LogP contribution in [0.4, 0.5) is 11.4 Å². The standard InChI is InChI=1S/C60H74BN3/c1-37-31-42(28-29-46(37)59(9,10)11)63-53-32-38(2)47(60(12,13)14)36-49(53)61-48-33-40(58(6,7)8)25-30-52(48)62(41-26-23-39(24-27-41)57(3,4)5)54-34-43(35-55(63)56(54)61)64-50-21-17-15-19-44(50)45-20-16-18-22-51(45)64/h15-24,26,28,32-38,41,46-47H,25,27,29-31H2,1-14H3. The summed E-state index contributed by atoms with van der Waals surface area (Å²) in [5.41, 5.74) is 19.1. The number of hydrogen-bond acceptors (Lipinski definition) is 2. The molecule has 0 spiro atoms. The molecule has 0 saturated carbocycles. The highest BCUT2D eigenvalue weighted by Gasteiger charge is 2.50. The van der Waals surface area contributed by atoms with E-state index in [9.17, 15) is 0 Å². The molecule has 5 unspecified atom stereocenters. The predicted molar refractivity (Wildman–Crippen MR) is 278 cm³/mol. The number of nitrogens with zero attached hydrogens (tertiary/aromatic N) is 3. The van der Waals surface area contributed by atoms with E-state index < -0.39 is 0 Å². The number of hydrogen-bond donors (Lipinski definition) is 0. The van der Waals surface area contributed by atoms with E-state index in [1.165, 1.54) is 77.9 Å². The van der Waals surface area contributed by atoms with Crippen molar-refractivity contribution in [3.8, 4) is 5.69 Å². The van der Waals surface area contributed by atoms with Gasteiger partial charge in [-0.15, -0.1) is 0 Å². The smallest absolute Gasteiger partial charge is 0.251 e. The van der Waals surface area contributed by atoms with Crippen LogP contribution in [-0.4, -0.2) is 17.3 Å². The van der Waals surface area contributed by atoms with Gasteiger partial charge in [0.05, 0.1) is 22.8 Å². The quantitative estimate of drug-likeness (QED) is 0.190. The summed E-state index contributed by atoms with van der Waals surface area (Å²) >= 11 is 0. The summed E-state index contributed by atoms with van der Waals surface area (Å²) in [5.74, 6) is 2.05. The van der Waals surface area contributed by atoms with Gasteiger partial charge in [-0.1, -0.05) is 181 Å². The van der Waals surface area contributed by atoms with Crippen molar-refractivity contribution >= 4 is 45.4 Å². The van der Waals surface area contributed by atoms with Crippen LogP contribution in [0.15, 0.2) is 142 Å². The van der Waals surface area contributed by atoms with Crippen molar-refractivity contribution in [3.05, 3.63) is 142 Å². The Morgan fingerprint density at radius 3 is 1.92 bits per heavy atom. The first-order valence-electron chi connectivity index (χ1n) is 24.8. The molecule has 0 bridgehead atoms. The van der Waals surface area contributed by atoms with Crippen molar-refractivity contribution in [2.24, 2.45) is 45.3 Å². The number of aromatic nitrogens is 1. The molecule has 0 saturated heterocycles. The normalized spacial score (nSPS) is 25.1. The maximum absolute atomic E-state index is 2.85. The van der Waals surface area contributed by atoms with Crippen LogP contribution in [0.25, 0.3) is 27.5 Å². The molecular formula is C60H74BN3. The average molecular weight is 848 g/mol. The summed E-state index contributed by atoms with van der Waals surface area (Å²) in [5, 5.41) is 2.62. The van der Waals surface area contributed by atoms with Gasteiger partial charge in [-0.2, -0.15) is 0 Å². The minimum absolute atomic E-state index is 0.0946. The van der Waals surface area contributed by atoms with E-state index in [4.69, 9.17) is 0 Å². The maximum atomic E-state index is 2.85. The van der Waals surface area contributed by atoms with E-state index >= 15 is 0 Å². The van der Waals surface area contributed by atoms with Crippen LogP contribution in [0.2, 0.25) is 0 Å². The maximum Gasteiger partial charge on any atom is 0.251 e. The van der Waals surface area contributed by atoms with Gasteiger partial charge in [-0.05, 0) is 124 Å². The van der Waals surface area contributed by atoms with Crippen LogP contribution in [0.3, 0.4) is 0 Å². The molecule has 3 nitrogen and oxygen atoms in total. The summed E-state index contributed by atoms with van der Waals surface area (Å²) in [4.78, 5) is 5.65. The van der Waals surface area contributed by atoms with E-state index in [0.29, 0.717) is 23.7 Å². The number of allylic oxidation sites excluding steroid dienone is 11. The Morgan fingerprint density at radius 1 is 0.688 bits per heavy atom. The van der Waals surface area contributed by atoms with Crippen molar-refractivity contribution in [2.75, 3.05) is 9.80 Å². The van der Waals surface area contributed by atoms with Crippen molar-refractivity contribution in [1.29, 1.82) is 0 Å². The van der Waals surface area contributed by atoms with Crippen LogP contribution in [-0.2, 0) is 0 Å². The second-order valence-electron chi connectivity index (χ2n) is 24.8. The van der Waals surface area contributed by atoms with E-state index in [-0.39, 0.29) is 34.4 Å². The SMILES string of the molecule is CC1C=C2C(=CC1C(C)(C)C)B1C3=C(CCC(C(C)(C)C)=C3)N(C3C=CC(C(C)(C)C)=CC3)c3cc(-n4c5ccccc5c5ccccc54)cc(c31)N2C1=CCC(C(C)(C)C)C(C)C1. The molecular weight excluding hydrogens is 773 g/mol. The number of para-hydroxylation sites is 2. The average Bonchev–Trinajstić information content (AvgIpc) is 3.56. The highest BCUT2D eigenvalue weighted by molar-refractivity contribution is 6.90. The van der Waals surface area contributed by atoms with Gasteiger partial charge in [-0.25, -0.2) is 0 Å². The summed E-state index contributed by atoms with van der Waals surface area (Å²) < 4.78 is 2.58. The van der Waals surface area contributed by atoms with Gasteiger partial charge in [0.1, 0.15) is 0 Å². The molecule has 2 aliphatic heterocycles. The molecule has 3 heterocycles. The minimum Gasteiger partial charge on any atom is -0.339 e. The molecule has 0 amide bonds. The second kappa shape index (κ2) is 14.9. The van der Waals surface area contributed by atoms with Crippen LogP contribution in [0.5, 0.6) is 0 Å². The first kappa shape index (κ1) is 43.2. The Balaban J connectivity index is 1.32. The van der Waals surface area contributed by atoms with E-state index in [1.54, 1.807) is 5.57 Å². The minimum atomic E-state index is 0.0946. The van der Waals surface area contributed by atoms with Crippen molar-refractivity contribution in [3.63, 3.8) is 0 Å². The molecule has 6 aliphatic rings. The van der Waals surface area contributed by atoms with Gasteiger partial charge in [-0.3, -0.25) is 0 Å². The van der Waals surface area contributed by atoms with Crippen LogP contribution >= 0.6 is 0 Å². The number of benzene rings is 3. The van der Waals surface area contributed by atoms with Gasteiger partial charge in [0.2, 0.25) is 0 Å². The number of fused-ring (bicyclic) bond motifs is 6. The first-order valence-corrected chi connectivity index (χ1v) is 24.8. The fraction of sp³-hybridized carbons (Fsp3) is 0.467. The highest BCUT2D eigenvalue weighted by Crippen LogP contribution is 2.54. The molecule has 10 rings (SSSR count). The zero-order valence-corrected chi connectivity index (χ0v) is 41.7. The summed E-state index contributed by atoms with van der Waals surface area (Å²) in [6, 6.07) is 23.6. The lowest BCUT2D eigenvalue weighted by Gasteiger charge is -2.52. The molecule has 0 N–H and O–H groups in total. The Morgan fingerprint density at radius 2 is 1.34 bits per heavy atom. The lowest BCUT2D eigenvalue weighted by Crippen LogP contribution is -2.56. The van der Waals surface area contributed by atoms with Gasteiger partial charge < -0.3 is 14.4 Å². The largest absolute Gasteiger partial charge is 0.339 e. The zero-order chi connectivity index (χ0) is 45.4. The third-order valence-corrected chi connectivity index (χ3v) is 16.3. The zero-order valence-electron chi connectivity index (χ0n) is 41.7. The van der Waals surface area contributed by atoms with Gasteiger partial charge >= 0.3 is 0 Å². The summed E-state index contributed by atoms with van der Waals surface area (Å²) in [7, 11) is 0. The molecule has 4 heteroatoms. The summed E-state index contributed by atoms with van der Waals surface area (Å²) in [6.45, 7) is 34.2. The lowest BCUT2D eigenvalue weighted by molar-refractivity contribution is 0.160. The topological polar surface area (TPSA) is 11.4 Å². The van der Waals surface area contributed by atoms with Crippen LogP contribution in [0.1, 0.15) is 129 Å². The van der Waals surface area contributed by atoms with Crippen LogP contribution in [0, 0.1) is 45.3 Å². The second-order valence-corrected chi connectivity index (χ2v) is 24.8. The molecule has 3 aromatic carbocycles. The monoisotopic (exact) mass is 848 g/mol. The number of rotatable bonds is 3. The Hall–Kier alpha value is -4.70. The highest BCUT2D eigenvalue weighted by atomic mass is 15.2. The Bertz CT molecular complexity index is 2750. The molecule has 332 valence electrons. The van der Waals surface area contributed by atoms with Crippen molar-refractivity contribution in [1.82, 2.24) is 4.57 Å². The molecule has 64 heavy (non-hydrogen) atoms. The molecule has 0 radical (unpaired) electrons. The first-order chi connectivity index (χ1) is 30.1. The van der Waals surface area contributed by atoms with Gasteiger partial charge in [0.25, 0.3) is 6.71 Å². The van der Waals surface area contributed by atoms with Crippen molar-refractivity contribution in [2.45, 2.75) is 135 Å². The molecule has 5 atom stereocenters. The Kier molecular flexibility index (Phi) is 10.1. The fourth-order valence-electron chi connectivity index (χ4n) is 13.1. The molecule has 0 fully saturated rings. The predicted octanol–water partition coefficient (Wildman–Crippen LogP) is 15.6. The molecule has 4 aromatic rings. The fourth-order valence-corrected chi connectivity index (χ4v) is 13.1. The van der Waals surface area contributed by atoms with Gasteiger partial charge in [0.15, 0.2) is 0 Å². The van der Waals surface area contributed by atoms with E-state index in [1.807, 2.05) is 0 Å². The van der Waals surface area contributed by atoms with E-state index in [0.717, 1.165) is 32.1 Å². The van der Waals surface area contributed by atoms with Crippen LogP contribution < -0.4 is 15.3 Å². The summed E-state index contributed by atoms with van der Waals surface area (Å²) in [6.07, 6.45) is 23.7. The van der Waals surface area contributed by atoms with Gasteiger partial charge in [0, 0.05) is 39.2 Å². The lowest BCUT2D eigenvalue weighted by atomic mass is 9.30. The Labute approximate surface area is 386 Å². The number of anilines is 2. The molecule has 4 aliphatic carbocycles. The van der Waals surface area contributed by atoms with E-state index in [2.05, 4.69) is 214 Å². The third-order valence-electron chi connectivity index (χ3n) is 16.3. The molecule has 1 aromatic heterocycles.